The van der Waals surface area contributed by atoms with Gasteiger partial charge in [0.25, 0.3) is 0 Å². The molecule has 1 aliphatic heterocycles. The number of hydrogen-bond acceptors (Lipinski definition) is 6. The highest BCUT2D eigenvalue weighted by Crippen LogP contribution is 2.46. The summed E-state index contributed by atoms with van der Waals surface area (Å²) >= 11 is 0. The summed E-state index contributed by atoms with van der Waals surface area (Å²) in [7, 11) is 0. The number of benzene rings is 2. The first-order valence-electron chi connectivity index (χ1n) is 11.3. The van der Waals surface area contributed by atoms with Crippen molar-refractivity contribution in [1.29, 1.82) is 5.26 Å². The zero-order chi connectivity index (χ0) is 23.4. The first-order chi connectivity index (χ1) is 16.1. The lowest BCUT2D eigenvalue weighted by Crippen LogP contribution is -2.22. The number of ether oxygens (including phenoxy) is 2. The van der Waals surface area contributed by atoms with Gasteiger partial charge in [0.15, 0.2) is 0 Å². The molecule has 7 heteroatoms. The summed E-state index contributed by atoms with van der Waals surface area (Å²) in [6.45, 7) is 8.87. The van der Waals surface area contributed by atoms with Crippen molar-refractivity contribution in [3.8, 4) is 29.0 Å². The molecule has 33 heavy (non-hydrogen) atoms. The Bertz CT molecular complexity index is 1170. The maximum Gasteiger partial charge on any atom is 0.244 e. The number of nitrogens with zero attached hydrogens (tertiary/aromatic N) is 3. The molecule has 0 saturated carbocycles. The van der Waals surface area contributed by atoms with Crippen LogP contribution in [0.4, 0.5) is 5.69 Å². The second-order valence-electron chi connectivity index (χ2n) is 7.88. The van der Waals surface area contributed by atoms with Gasteiger partial charge in [-0.15, -0.1) is 5.10 Å². The third-order valence-electron chi connectivity index (χ3n) is 5.91. The van der Waals surface area contributed by atoms with E-state index in [-0.39, 0.29) is 11.8 Å². The highest BCUT2D eigenvalue weighted by molar-refractivity contribution is 5.71. The number of nitriles is 1. The van der Waals surface area contributed by atoms with Crippen LogP contribution in [0.25, 0.3) is 11.3 Å². The van der Waals surface area contributed by atoms with Crippen LogP contribution in [-0.2, 0) is 0 Å². The molecule has 3 N–H and O–H groups in total. The fourth-order valence-electron chi connectivity index (χ4n) is 4.20. The highest BCUT2D eigenvalue weighted by atomic mass is 16.5. The van der Waals surface area contributed by atoms with Crippen molar-refractivity contribution in [3.05, 3.63) is 71.1 Å². The first-order valence-corrected chi connectivity index (χ1v) is 11.3. The summed E-state index contributed by atoms with van der Waals surface area (Å²) in [5.74, 6) is 0.916. The molecular formula is C26H29N5O2. The van der Waals surface area contributed by atoms with Crippen molar-refractivity contribution >= 4 is 5.69 Å². The second kappa shape index (κ2) is 9.70. The van der Waals surface area contributed by atoms with Crippen LogP contribution in [0.15, 0.2) is 60.0 Å². The maximum atomic E-state index is 9.93. The van der Waals surface area contributed by atoms with E-state index in [0.29, 0.717) is 18.1 Å². The minimum absolute atomic E-state index is 0.0872. The van der Waals surface area contributed by atoms with Gasteiger partial charge in [0.1, 0.15) is 17.4 Å². The van der Waals surface area contributed by atoms with Crippen LogP contribution in [0.1, 0.15) is 44.2 Å². The average Bonchev–Trinajstić information content (AvgIpc) is 3.26. The smallest absolute Gasteiger partial charge is 0.244 e. The largest absolute Gasteiger partial charge is 0.494 e. The maximum absolute atomic E-state index is 9.93. The van der Waals surface area contributed by atoms with Crippen LogP contribution in [0.3, 0.4) is 0 Å². The second-order valence-corrected chi connectivity index (χ2v) is 7.88. The Morgan fingerprint density at radius 1 is 1.09 bits per heavy atom. The standard InChI is InChI=1S/C26H29N5O2/c1-4-15-32-20-13-9-18(10-14-20)24-23-22(21(16-27)25(28)33-26(23)30-29-24)17-7-11-19(12-8-17)31(5-2)6-3/h7-14,22H,4-6,15,28H2,1-3H3,(H,29,30)/t22-/m0/s1. The van der Waals surface area contributed by atoms with Gasteiger partial charge in [-0.1, -0.05) is 19.1 Å². The van der Waals surface area contributed by atoms with Gasteiger partial charge in [0.2, 0.25) is 11.8 Å². The summed E-state index contributed by atoms with van der Waals surface area (Å²) in [5.41, 5.74) is 11.1. The lowest BCUT2D eigenvalue weighted by atomic mass is 9.83. The molecule has 1 aromatic heterocycles. The SMILES string of the molecule is CCCOc1ccc(-c2[nH]nc3c2[C@@H](c2ccc(N(CC)CC)cc2)C(C#N)=C(N)O3)cc1. The number of allylic oxidation sites excluding steroid dienone is 1. The Morgan fingerprint density at radius 3 is 2.39 bits per heavy atom. The van der Waals surface area contributed by atoms with E-state index < -0.39 is 0 Å². The Morgan fingerprint density at radius 2 is 1.79 bits per heavy atom. The van der Waals surface area contributed by atoms with Gasteiger partial charge >= 0.3 is 0 Å². The summed E-state index contributed by atoms with van der Waals surface area (Å²) in [6, 6.07) is 18.4. The zero-order valence-corrected chi connectivity index (χ0v) is 19.3. The van der Waals surface area contributed by atoms with Gasteiger partial charge in [-0.3, -0.25) is 5.10 Å². The molecule has 7 nitrogen and oxygen atoms in total. The number of rotatable bonds is 8. The topological polar surface area (TPSA) is 100 Å². The van der Waals surface area contributed by atoms with Crippen LogP contribution in [0, 0.1) is 11.3 Å². The molecule has 0 amide bonds. The van der Waals surface area contributed by atoms with Crippen molar-refractivity contribution in [1.82, 2.24) is 10.2 Å². The summed E-state index contributed by atoms with van der Waals surface area (Å²) < 4.78 is 11.4. The number of H-pyrrole nitrogens is 1. The molecule has 0 unspecified atom stereocenters. The summed E-state index contributed by atoms with van der Waals surface area (Å²) in [4.78, 5) is 2.28. The summed E-state index contributed by atoms with van der Waals surface area (Å²) in [6.07, 6.45) is 0.951. The first kappa shape index (κ1) is 22.3. The van der Waals surface area contributed by atoms with Gasteiger partial charge in [-0.25, -0.2) is 0 Å². The van der Waals surface area contributed by atoms with Gasteiger partial charge in [0, 0.05) is 24.3 Å². The number of hydrogen-bond donors (Lipinski definition) is 2. The predicted molar refractivity (Wildman–Crippen MR) is 129 cm³/mol. The highest BCUT2D eigenvalue weighted by Gasteiger charge is 2.35. The van der Waals surface area contributed by atoms with E-state index in [9.17, 15) is 5.26 Å². The Balaban J connectivity index is 1.76. The van der Waals surface area contributed by atoms with Crippen molar-refractivity contribution in [2.75, 3.05) is 24.6 Å². The van der Waals surface area contributed by atoms with E-state index in [4.69, 9.17) is 15.2 Å². The van der Waals surface area contributed by atoms with E-state index in [1.165, 1.54) is 0 Å². The number of nitrogens with one attached hydrogen (secondary N) is 1. The van der Waals surface area contributed by atoms with E-state index in [0.717, 1.165) is 53.3 Å². The van der Waals surface area contributed by atoms with E-state index in [1.54, 1.807) is 0 Å². The van der Waals surface area contributed by atoms with Crippen molar-refractivity contribution in [2.24, 2.45) is 5.73 Å². The quantitative estimate of drug-likeness (QED) is 0.512. The van der Waals surface area contributed by atoms with Crippen molar-refractivity contribution < 1.29 is 9.47 Å². The molecule has 4 rings (SSSR count). The van der Waals surface area contributed by atoms with Crippen LogP contribution < -0.4 is 20.1 Å². The fraction of sp³-hybridized carbons (Fsp3) is 0.308. The van der Waals surface area contributed by atoms with Crippen LogP contribution in [0.2, 0.25) is 0 Å². The van der Waals surface area contributed by atoms with Crippen LogP contribution in [-0.4, -0.2) is 29.9 Å². The third-order valence-corrected chi connectivity index (χ3v) is 5.91. The molecule has 1 aliphatic rings. The monoisotopic (exact) mass is 443 g/mol. The molecule has 170 valence electrons. The van der Waals surface area contributed by atoms with E-state index in [2.05, 4.69) is 66.2 Å². The Hall–Kier alpha value is -3.92. The molecule has 0 fully saturated rings. The fourth-order valence-corrected chi connectivity index (χ4v) is 4.20. The number of nitrogens with two attached hydrogens (primary N) is 1. The van der Waals surface area contributed by atoms with E-state index >= 15 is 0 Å². The van der Waals surface area contributed by atoms with Crippen molar-refractivity contribution in [3.63, 3.8) is 0 Å². The number of aromatic nitrogens is 2. The summed E-state index contributed by atoms with van der Waals surface area (Å²) in [5, 5.41) is 17.4. The minimum Gasteiger partial charge on any atom is -0.494 e. The van der Waals surface area contributed by atoms with Gasteiger partial charge < -0.3 is 20.1 Å². The van der Waals surface area contributed by atoms with Gasteiger partial charge in [0.05, 0.1) is 23.8 Å². The zero-order valence-electron chi connectivity index (χ0n) is 19.3. The molecule has 3 aromatic rings. The Labute approximate surface area is 194 Å². The molecule has 2 heterocycles. The normalized spacial score (nSPS) is 14.9. The van der Waals surface area contributed by atoms with Gasteiger partial charge in [-0.05, 0) is 62.2 Å². The minimum atomic E-state index is -0.380. The van der Waals surface area contributed by atoms with Crippen LogP contribution >= 0.6 is 0 Å². The van der Waals surface area contributed by atoms with Crippen molar-refractivity contribution in [2.45, 2.75) is 33.1 Å². The predicted octanol–water partition coefficient (Wildman–Crippen LogP) is 4.93. The van der Waals surface area contributed by atoms with E-state index in [1.807, 2.05) is 24.3 Å². The molecule has 2 aromatic carbocycles. The lowest BCUT2D eigenvalue weighted by Gasteiger charge is -2.25. The number of anilines is 1. The van der Waals surface area contributed by atoms with Crippen LogP contribution in [0.5, 0.6) is 11.6 Å². The molecule has 0 aliphatic carbocycles. The third kappa shape index (κ3) is 4.24. The molecule has 0 bridgehead atoms. The number of fused-ring (bicyclic) bond motifs is 1. The van der Waals surface area contributed by atoms with Gasteiger partial charge in [-0.2, -0.15) is 5.26 Å². The number of aromatic amines is 1. The molecule has 0 spiro atoms. The molecule has 0 radical (unpaired) electrons. The lowest BCUT2D eigenvalue weighted by molar-refractivity contribution is 0.317. The molecule has 1 atom stereocenters. The molecule has 0 saturated heterocycles. The average molecular weight is 444 g/mol. The Kier molecular flexibility index (Phi) is 6.55. The molecular weight excluding hydrogens is 414 g/mol.